The minimum Gasteiger partial charge on any atom is -0.497 e. The number of benzene rings is 1. The highest BCUT2D eigenvalue weighted by atomic mass is 16.5. The van der Waals surface area contributed by atoms with Crippen LogP contribution in [0.15, 0.2) is 22.6 Å². The third-order valence-corrected chi connectivity index (χ3v) is 3.83. The predicted molar refractivity (Wildman–Crippen MR) is 80.9 cm³/mol. The van der Waals surface area contributed by atoms with E-state index >= 15 is 0 Å². The second kappa shape index (κ2) is 6.36. The van der Waals surface area contributed by atoms with E-state index in [1.54, 1.807) is 14.2 Å². The first-order chi connectivity index (χ1) is 10.7. The van der Waals surface area contributed by atoms with Crippen LogP contribution in [0.3, 0.4) is 0 Å². The van der Waals surface area contributed by atoms with Gasteiger partial charge in [0.25, 0.3) is 0 Å². The Kier molecular flexibility index (Phi) is 4.29. The molecule has 0 aliphatic heterocycles. The Morgan fingerprint density at radius 1 is 1.18 bits per heavy atom. The van der Waals surface area contributed by atoms with E-state index in [1.165, 1.54) is 12.8 Å². The van der Waals surface area contributed by atoms with Gasteiger partial charge in [-0.2, -0.15) is 0 Å². The second-order valence-corrected chi connectivity index (χ2v) is 5.53. The molecule has 0 radical (unpaired) electrons. The first-order valence-electron chi connectivity index (χ1n) is 7.43. The van der Waals surface area contributed by atoms with Crippen molar-refractivity contribution in [2.75, 3.05) is 14.2 Å². The van der Waals surface area contributed by atoms with Gasteiger partial charge in [0.1, 0.15) is 11.5 Å². The largest absolute Gasteiger partial charge is 0.497 e. The van der Waals surface area contributed by atoms with Gasteiger partial charge in [-0.1, -0.05) is 0 Å². The van der Waals surface area contributed by atoms with Gasteiger partial charge in [0.2, 0.25) is 11.8 Å². The number of nitrogens with zero attached hydrogens (tertiary/aromatic N) is 3. The number of aromatic nitrogens is 2. The lowest BCUT2D eigenvalue weighted by atomic mass is 10.1. The highest BCUT2D eigenvalue weighted by molar-refractivity contribution is 5.40. The summed E-state index contributed by atoms with van der Waals surface area (Å²) in [5.74, 6) is 2.96. The zero-order valence-corrected chi connectivity index (χ0v) is 13.2. The number of methoxy groups -OCH3 is 2. The average Bonchev–Trinajstić information content (AvgIpc) is 3.30. The molecule has 1 heterocycles. The smallest absolute Gasteiger partial charge is 0.230 e. The lowest BCUT2D eigenvalue weighted by Crippen LogP contribution is -2.25. The van der Waals surface area contributed by atoms with Crippen molar-refractivity contribution in [3.63, 3.8) is 0 Å². The highest BCUT2D eigenvalue weighted by Crippen LogP contribution is 2.32. The summed E-state index contributed by atoms with van der Waals surface area (Å²) in [7, 11) is 3.36. The number of rotatable bonds is 7. The van der Waals surface area contributed by atoms with E-state index in [2.05, 4.69) is 15.1 Å². The number of hydrogen-bond acceptors (Lipinski definition) is 6. The second-order valence-electron chi connectivity index (χ2n) is 5.53. The summed E-state index contributed by atoms with van der Waals surface area (Å²) < 4.78 is 16.3. The molecule has 0 unspecified atom stereocenters. The molecule has 1 saturated carbocycles. The minimum absolute atomic E-state index is 0.572. The van der Waals surface area contributed by atoms with E-state index in [4.69, 9.17) is 13.9 Å². The summed E-state index contributed by atoms with van der Waals surface area (Å²) in [4.78, 5) is 2.35. The van der Waals surface area contributed by atoms with Crippen LogP contribution in [0.4, 0.5) is 0 Å². The SMILES string of the molecule is COc1ccc(OC)c(CN(Cc2nnc(C)o2)C2CC2)c1. The quantitative estimate of drug-likeness (QED) is 0.783. The highest BCUT2D eigenvalue weighted by Gasteiger charge is 2.30. The van der Waals surface area contributed by atoms with Gasteiger partial charge < -0.3 is 13.9 Å². The monoisotopic (exact) mass is 303 g/mol. The molecule has 6 nitrogen and oxygen atoms in total. The molecule has 0 amide bonds. The summed E-state index contributed by atoms with van der Waals surface area (Å²) >= 11 is 0. The lowest BCUT2D eigenvalue weighted by Gasteiger charge is -2.21. The molecule has 1 aliphatic carbocycles. The Labute approximate surface area is 130 Å². The first kappa shape index (κ1) is 14.8. The molecule has 0 N–H and O–H groups in total. The third kappa shape index (κ3) is 3.39. The number of hydrogen-bond donors (Lipinski definition) is 0. The van der Waals surface area contributed by atoms with Crippen LogP contribution in [0.25, 0.3) is 0 Å². The molecule has 6 heteroatoms. The Bertz CT molecular complexity index is 637. The van der Waals surface area contributed by atoms with Gasteiger partial charge in [-0.25, -0.2) is 0 Å². The predicted octanol–water partition coefficient (Wildman–Crippen LogP) is 2.56. The van der Waals surface area contributed by atoms with Crippen molar-refractivity contribution in [3.8, 4) is 11.5 Å². The van der Waals surface area contributed by atoms with E-state index in [1.807, 2.05) is 25.1 Å². The van der Waals surface area contributed by atoms with Crippen LogP contribution in [-0.4, -0.2) is 35.4 Å². The van der Waals surface area contributed by atoms with Crippen molar-refractivity contribution in [1.82, 2.24) is 15.1 Å². The van der Waals surface area contributed by atoms with Crippen LogP contribution in [-0.2, 0) is 13.1 Å². The average molecular weight is 303 g/mol. The first-order valence-corrected chi connectivity index (χ1v) is 7.43. The van der Waals surface area contributed by atoms with E-state index < -0.39 is 0 Å². The molecule has 1 fully saturated rings. The van der Waals surface area contributed by atoms with E-state index in [-0.39, 0.29) is 0 Å². The Morgan fingerprint density at radius 3 is 2.59 bits per heavy atom. The summed E-state index contributed by atoms with van der Waals surface area (Å²) in [6, 6.07) is 6.44. The zero-order valence-electron chi connectivity index (χ0n) is 13.2. The molecule has 0 atom stereocenters. The van der Waals surface area contributed by atoms with Crippen molar-refractivity contribution in [2.45, 2.75) is 38.9 Å². The van der Waals surface area contributed by atoms with Crippen molar-refractivity contribution in [2.24, 2.45) is 0 Å². The normalized spacial score (nSPS) is 14.4. The molecule has 0 bridgehead atoms. The molecular weight excluding hydrogens is 282 g/mol. The van der Waals surface area contributed by atoms with Gasteiger partial charge in [-0.15, -0.1) is 10.2 Å². The molecule has 118 valence electrons. The van der Waals surface area contributed by atoms with Crippen LogP contribution in [0.2, 0.25) is 0 Å². The molecule has 22 heavy (non-hydrogen) atoms. The lowest BCUT2D eigenvalue weighted by molar-refractivity contribution is 0.216. The van der Waals surface area contributed by atoms with Gasteiger partial charge in [0.15, 0.2) is 0 Å². The molecule has 1 aliphatic rings. The molecule has 2 aromatic rings. The summed E-state index contributed by atoms with van der Waals surface area (Å²) in [5, 5.41) is 8.00. The van der Waals surface area contributed by atoms with Gasteiger partial charge in [-0.05, 0) is 31.0 Å². The summed E-state index contributed by atoms with van der Waals surface area (Å²) in [6.07, 6.45) is 2.42. The number of aryl methyl sites for hydroxylation is 1. The van der Waals surface area contributed by atoms with Crippen LogP contribution in [0.1, 0.15) is 30.2 Å². The Morgan fingerprint density at radius 2 is 2.00 bits per heavy atom. The van der Waals surface area contributed by atoms with Crippen LogP contribution >= 0.6 is 0 Å². The van der Waals surface area contributed by atoms with Gasteiger partial charge in [0.05, 0.1) is 20.8 Å². The molecule has 1 aromatic carbocycles. The maximum atomic E-state index is 5.51. The molecule has 3 rings (SSSR count). The Balaban J connectivity index is 1.78. The standard InChI is InChI=1S/C16H21N3O3/c1-11-17-18-16(22-11)10-19(13-4-5-13)9-12-8-14(20-2)6-7-15(12)21-3/h6-8,13H,4-5,9-10H2,1-3H3. The fourth-order valence-electron chi connectivity index (χ4n) is 2.55. The summed E-state index contributed by atoms with van der Waals surface area (Å²) in [6.45, 7) is 3.24. The fourth-order valence-corrected chi connectivity index (χ4v) is 2.55. The number of ether oxygens (including phenoxy) is 2. The zero-order chi connectivity index (χ0) is 15.5. The molecule has 0 saturated heterocycles. The van der Waals surface area contributed by atoms with Crippen molar-refractivity contribution in [3.05, 3.63) is 35.5 Å². The third-order valence-electron chi connectivity index (χ3n) is 3.83. The Hall–Kier alpha value is -2.08. The molecular formula is C16H21N3O3. The van der Waals surface area contributed by atoms with Gasteiger partial charge >= 0.3 is 0 Å². The molecule has 1 aromatic heterocycles. The van der Waals surface area contributed by atoms with Gasteiger partial charge in [0, 0.05) is 25.1 Å². The van der Waals surface area contributed by atoms with E-state index in [0.29, 0.717) is 24.4 Å². The van der Waals surface area contributed by atoms with Crippen molar-refractivity contribution in [1.29, 1.82) is 0 Å². The fraction of sp³-hybridized carbons (Fsp3) is 0.500. The van der Waals surface area contributed by atoms with Crippen LogP contribution in [0, 0.1) is 6.92 Å². The van der Waals surface area contributed by atoms with Crippen molar-refractivity contribution < 1.29 is 13.9 Å². The summed E-state index contributed by atoms with van der Waals surface area (Å²) in [5.41, 5.74) is 1.10. The van der Waals surface area contributed by atoms with Gasteiger partial charge in [-0.3, -0.25) is 4.90 Å². The van der Waals surface area contributed by atoms with Crippen LogP contribution < -0.4 is 9.47 Å². The van der Waals surface area contributed by atoms with Crippen molar-refractivity contribution >= 4 is 0 Å². The van der Waals surface area contributed by atoms with E-state index in [9.17, 15) is 0 Å². The maximum absolute atomic E-state index is 5.51. The van der Waals surface area contributed by atoms with Crippen LogP contribution in [0.5, 0.6) is 11.5 Å². The maximum Gasteiger partial charge on any atom is 0.230 e. The van der Waals surface area contributed by atoms with E-state index in [0.717, 1.165) is 23.6 Å². The topological polar surface area (TPSA) is 60.6 Å². The minimum atomic E-state index is 0.572. The molecule has 0 spiro atoms.